The maximum Gasteiger partial charge on any atom is 0.242 e. The third-order valence-corrected chi connectivity index (χ3v) is 3.65. The molecule has 0 radical (unpaired) electrons. The minimum absolute atomic E-state index is 0.00358. The topological polar surface area (TPSA) is 53.6 Å². The highest BCUT2D eigenvalue weighted by molar-refractivity contribution is 5.86. The van der Waals surface area contributed by atoms with Gasteiger partial charge in [-0.1, -0.05) is 0 Å². The fraction of sp³-hybridized carbons (Fsp3) is 0.533. The molecule has 1 unspecified atom stereocenters. The van der Waals surface area contributed by atoms with Crippen LogP contribution >= 0.6 is 0 Å². The van der Waals surface area contributed by atoms with Gasteiger partial charge in [-0.3, -0.25) is 4.79 Å². The van der Waals surface area contributed by atoms with E-state index < -0.39 is 0 Å². The summed E-state index contributed by atoms with van der Waals surface area (Å²) >= 11 is 0. The second-order valence-electron chi connectivity index (χ2n) is 5.10. The molecule has 116 valence electrons. The van der Waals surface area contributed by atoms with Crippen molar-refractivity contribution in [2.75, 3.05) is 38.3 Å². The Morgan fingerprint density at radius 1 is 1.52 bits per heavy atom. The molecule has 0 spiro atoms. The van der Waals surface area contributed by atoms with Crippen molar-refractivity contribution in [3.63, 3.8) is 0 Å². The van der Waals surface area contributed by atoms with Gasteiger partial charge in [-0.05, 0) is 30.7 Å². The summed E-state index contributed by atoms with van der Waals surface area (Å²) in [4.78, 5) is 13.8. The summed E-state index contributed by atoms with van der Waals surface area (Å²) in [6.07, 6.45) is 0. The van der Waals surface area contributed by atoms with Crippen LogP contribution in [0.3, 0.4) is 0 Å². The number of hydrogen-bond acceptors (Lipinski definition) is 4. The molecule has 6 heteroatoms. The SMILES string of the molecule is COCCNCc1cc(F)ccc1N1CCNC(=O)C1C. The van der Waals surface area contributed by atoms with Crippen LogP contribution in [-0.4, -0.2) is 45.3 Å². The summed E-state index contributed by atoms with van der Waals surface area (Å²) in [6, 6.07) is 4.46. The number of nitrogens with zero attached hydrogens (tertiary/aromatic N) is 1. The van der Waals surface area contributed by atoms with E-state index in [9.17, 15) is 9.18 Å². The molecular formula is C15H22FN3O2. The summed E-state index contributed by atoms with van der Waals surface area (Å²) in [5, 5.41) is 6.05. The molecule has 0 aliphatic carbocycles. The number of piperazine rings is 1. The maximum absolute atomic E-state index is 13.5. The van der Waals surface area contributed by atoms with Gasteiger partial charge in [0.1, 0.15) is 11.9 Å². The standard InChI is InChI=1S/C15H22FN3O2/c1-11-15(20)18-5-7-19(11)14-4-3-13(16)9-12(14)10-17-6-8-21-2/h3-4,9,11,17H,5-8,10H2,1-2H3,(H,18,20). The molecule has 21 heavy (non-hydrogen) atoms. The number of carbonyl (C=O) groups is 1. The third-order valence-electron chi connectivity index (χ3n) is 3.65. The number of benzene rings is 1. The van der Waals surface area contributed by atoms with Crippen molar-refractivity contribution in [1.29, 1.82) is 0 Å². The summed E-state index contributed by atoms with van der Waals surface area (Å²) in [5.74, 6) is -0.264. The van der Waals surface area contributed by atoms with Crippen LogP contribution in [0.1, 0.15) is 12.5 Å². The Morgan fingerprint density at radius 3 is 3.10 bits per heavy atom. The van der Waals surface area contributed by atoms with E-state index in [0.29, 0.717) is 26.2 Å². The molecular weight excluding hydrogens is 273 g/mol. The first kappa shape index (κ1) is 15.7. The van der Waals surface area contributed by atoms with Crippen LogP contribution in [0.25, 0.3) is 0 Å². The lowest BCUT2D eigenvalue weighted by Gasteiger charge is -2.36. The number of anilines is 1. The summed E-state index contributed by atoms with van der Waals surface area (Å²) < 4.78 is 18.5. The van der Waals surface area contributed by atoms with Crippen LogP contribution in [0, 0.1) is 5.82 Å². The second-order valence-corrected chi connectivity index (χ2v) is 5.10. The molecule has 1 amide bonds. The number of hydrogen-bond donors (Lipinski definition) is 2. The van der Waals surface area contributed by atoms with Gasteiger partial charge in [0.15, 0.2) is 0 Å². The summed E-state index contributed by atoms with van der Waals surface area (Å²) in [5.41, 5.74) is 1.76. The van der Waals surface area contributed by atoms with E-state index in [2.05, 4.69) is 10.6 Å². The van der Waals surface area contributed by atoms with Crippen molar-refractivity contribution in [3.05, 3.63) is 29.6 Å². The number of ether oxygens (including phenoxy) is 1. The van der Waals surface area contributed by atoms with Gasteiger partial charge in [-0.2, -0.15) is 0 Å². The monoisotopic (exact) mass is 295 g/mol. The van der Waals surface area contributed by atoms with Gasteiger partial charge in [0.2, 0.25) is 5.91 Å². The zero-order chi connectivity index (χ0) is 15.2. The fourth-order valence-corrected chi connectivity index (χ4v) is 2.48. The normalized spacial score (nSPS) is 18.7. The number of amides is 1. The van der Waals surface area contributed by atoms with E-state index in [1.165, 1.54) is 12.1 Å². The van der Waals surface area contributed by atoms with E-state index in [0.717, 1.165) is 17.8 Å². The van der Waals surface area contributed by atoms with Gasteiger partial charge in [-0.15, -0.1) is 0 Å². The summed E-state index contributed by atoms with van der Waals surface area (Å²) in [7, 11) is 1.64. The van der Waals surface area contributed by atoms with Crippen molar-refractivity contribution >= 4 is 11.6 Å². The highest BCUT2D eigenvalue weighted by Gasteiger charge is 2.27. The Morgan fingerprint density at radius 2 is 2.33 bits per heavy atom. The van der Waals surface area contributed by atoms with Crippen LogP contribution in [0.2, 0.25) is 0 Å². The molecule has 2 rings (SSSR count). The largest absolute Gasteiger partial charge is 0.383 e. The zero-order valence-corrected chi connectivity index (χ0v) is 12.5. The Labute approximate surface area is 124 Å². The lowest BCUT2D eigenvalue weighted by atomic mass is 10.1. The molecule has 0 saturated carbocycles. The van der Waals surface area contributed by atoms with Crippen LogP contribution < -0.4 is 15.5 Å². The lowest BCUT2D eigenvalue weighted by molar-refractivity contribution is -0.122. The molecule has 1 aromatic rings. The molecule has 1 aliphatic heterocycles. The Bertz CT molecular complexity index is 496. The predicted molar refractivity (Wildman–Crippen MR) is 79.8 cm³/mol. The Hall–Kier alpha value is -1.66. The van der Waals surface area contributed by atoms with Gasteiger partial charge >= 0.3 is 0 Å². The van der Waals surface area contributed by atoms with Crippen molar-refractivity contribution in [2.45, 2.75) is 19.5 Å². The van der Waals surface area contributed by atoms with Crippen LogP contribution in [0.5, 0.6) is 0 Å². The molecule has 1 aliphatic rings. The van der Waals surface area contributed by atoms with E-state index in [4.69, 9.17) is 4.74 Å². The van der Waals surface area contributed by atoms with E-state index >= 15 is 0 Å². The van der Waals surface area contributed by atoms with Crippen LogP contribution in [0.15, 0.2) is 18.2 Å². The molecule has 5 nitrogen and oxygen atoms in total. The average Bonchev–Trinajstić information content (AvgIpc) is 2.47. The summed E-state index contributed by atoms with van der Waals surface area (Å²) in [6.45, 7) is 5.04. The second kappa shape index (κ2) is 7.38. The third kappa shape index (κ3) is 3.92. The molecule has 1 aromatic carbocycles. The molecule has 1 atom stereocenters. The van der Waals surface area contributed by atoms with Crippen molar-refractivity contribution < 1.29 is 13.9 Å². The lowest BCUT2D eigenvalue weighted by Crippen LogP contribution is -2.54. The van der Waals surface area contributed by atoms with E-state index in [1.54, 1.807) is 13.2 Å². The van der Waals surface area contributed by atoms with Gasteiger partial charge in [0.05, 0.1) is 6.61 Å². The number of carbonyl (C=O) groups excluding carboxylic acids is 1. The van der Waals surface area contributed by atoms with Gasteiger partial charge in [0, 0.05) is 39.0 Å². The number of methoxy groups -OCH3 is 1. The highest BCUT2D eigenvalue weighted by atomic mass is 19.1. The molecule has 2 N–H and O–H groups in total. The maximum atomic E-state index is 13.5. The number of halogens is 1. The van der Waals surface area contributed by atoms with Gasteiger partial charge in [0.25, 0.3) is 0 Å². The Balaban J connectivity index is 2.15. The molecule has 1 heterocycles. The van der Waals surface area contributed by atoms with E-state index in [1.807, 2.05) is 11.8 Å². The minimum atomic E-state index is -0.267. The first-order valence-electron chi connectivity index (χ1n) is 7.16. The van der Waals surface area contributed by atoms with E-state index in [-0.39, 0.29) is 17.8 Å². The predicted octanol–water partition coefficient (Wildman–Crippen LogP) is 0.886. The van der Waals surface area contributed by atoms with Crippen LogP contribution in [-0.2, 0) is 16.1 Å². The van der Waals surface area contributed by atoms with Gasteiger partial charge < -0.3 is 20.3 Å². The fourth-order valence-electron chi connectivity index (χ4n) is 2.48. The van der Waals surface area contributed by atoms with Crippen molar-refractivity contribution in [3.8, 4) is 0 Å². The average molecular weight is 295 g/mol. The van der Waals surface area contributed by atoms with Crippen molar-refractivity contribution in [1.82, 2.24) is 10.6 Å². The van der Waals surface area contributed by atoms with Crippen molar-refractivity contribution in [2.24, 2.45) is 0 Å². The molecule has 0 aromatic heterocycles. The molecule has 1 fully saturated rings. The minimum Gasteiger partial charge on any atom is -0.383 e. The number of nitrogens with one attached hydrogen (secondary N) is 2. The molecule has 0 bridgehead atoms. The first-order chi connectivity index (χ1) is 10.1. The number of rotatable bonds is 6. The molecule has 1 saturated heterocycles. The quantitative estimate of drug-likeness (QED) is 0.765. The zero-order valence-electron chi connectivity index (χ0n) is 12.5. The Kier molecular flexibility index (Phi) is 5.52. The highest BCUT2D eigenvalue weighted by Crippen LogP contribution is 2.24. The smallest absolute Gasteiger partial charge is 0.242 e. The van der Waals surface area contributed by atoms with Gasteiger partial charge in [-0.25, -0.2) is 4.39 Å². The van der Waals surface area contributed by atoms with Crippen LogP contribution in [0.4, 0.5) is 10.1 Å². The first-order valence-corrected chi connectivity index (χ1v) is 7.16.